The summed E-state index contributed by atoms with van der Waals surface area (Å²) in [6.45, 7) is 0. The van der Waals surface area contributed by atoms with Crippen LogP contribution in [0, 0.1) is 17.1 Å². The Morgan fingerprint density at radius 2 is 2.05 bits per heavy atom. The third-order valence-electron chi connectivity index (χ3n) is 3.94. The first-order valence-electron chi connectivity index (χ1n) is 6.84. The number of benzene rings is 1. The van der Waals surface area contributed by atoms with Crippen LogP contribution >= 0.6 is 0 Å². The highest BCUT2D eigenvalue weighted by atomic mass is 19.1. The molecule has 1 heterocycles. The van der Waals surface area contributed by atoms with Crippen LogP contribution in [0.4, 0.5) is 4.39 Å². The van der Waals surface area contributed by atoms with Gasteiger partial charge in [-0.3, -0.25) is 4.98 Å². The lowest BCUT2D eigenvalue weighted by atomic mass is 9.79. The molecule has 1 saturated carbocycles. The molecule has 4 nitrogen and oxygen atoms in total. The van der Waals surface area contributed by atoms with Gasteiger partial charge in [-0.1, -0.05) is 12.5 Å². The summed E-state index contributed by atoms with van der Waals surface area (Å²) in [5.74, 6) is 0.145. The van der Waals surface area contributed by atoms with Gasteiger partial charge in [0.15, 0.2) is 17.3 Å². The van der Waals surface area contributed by atoms with Crippen LogP contribution in [0.3, 0.4) is 0 Å². The summed E-state index contributed by atoms with van der Waals surface area (Å²) >= 11 is 0. The van der Waals surface area contributed by atoms with Crippen LogP contribution in [0.2, 0.25) is 0 Å². The minimum absolute atomic E-state index is 0.106. The van der Waals surface area contributed by atoms with E-state index in [4.69, 9.17) is 10.00 Å². The Kier molecular flexibility index (Phi) is 3.53. The number of methoxy groups -OCH3 is 1. The van der Waals surface area contributed by atoms with Crippen molar-refractivity contribution < 1.29 is 9.13 Å². The van der Waals surface area contributed by atoms with Gasteiger partial charge in [0.25, 0.3) is 0 Å². The quantitative estimate of drug-likeness (QED) is 0.866. The summed E-state index contributed by atoms with van der Waals surface area (Å²) in [6, 6.07) is 5.47. The first-order valence-corrected chi connectivity index (χ1v) is 6.84. The summed E-state index contributed by atoms with van der Waals surface area (Å²) in [5, 5.41) is 9.08. The highest BCUT2D eigenvalue weighted by molar-refractivity contribution is 5.68. The summed E-state index contributed by atoms with van der Waals surface area (Å²) in [6.07, 6.45) is 6.15. The number of hydrogen-bond donors (Lipinski definition) is 0. The van der Waals surface area contributed by atoms with Crippen molar-refractivity contribution in [2.24, 2.45) is 0 Å². The highest BCUT2D eigenvalue weighted by Crippen LogP contribution is 2.43. The Balaban J connectivity index is 2.14. The lowest BCUT2D eigenvalue weighted by molar-refractivity contribution is 0.355. The molecule has 1 aromatic carbocycles. The maximum absolute atomic E-state index is 14.8. The van der Waals surface area contributed by atoms with Gasteiger partial charge >= 0.3 is 0 Å². The minimum Gasteiger partial charge on any atom is -0.493 e. The van der Waals surface area contributed by atoms with E-state index in [1.54, 1.807) is 6.07 Å². The van der Waals surface area contributed by atoms with E-state index in [1.807, 2.05) is 12.1 Å². The summed E-state index contributed by atoms with van der Waals surface area (Å²) in [7, 11) is 1.46. The standard InChI is InChI=1S/C16H14FN3O/c1-21-16-11(10-3-2-4-10)5-6-12(14(16)17)15-13(9-18)19-7-8-20-15/h5-8,10H,2-4H2,1H3. The first-order chi connectivity index (χ1) is 10.3. The maximum atomic E-state index is 14.8. The molecule has 0 unspecified atom stereocenters. The molecule has 0 aliphatic heterocycles. The van der Waals surface area contributed by atoms with E-state index in [0.29, 0.717) is 5.92 Å². The summed E-state index contributed by atoms with van der Waals surface area (Å²) < 4.78 is 20.0. The SMILES string of the molecule is COc1c(C2CCC2)ccc(-c2nccnc2C#N)c1F. The average molecular weight is 283 g/mol. The molecule has 0 spiro atoms. The molecule has 1 aliphatic carbocycles. The van der Waals surface area contributed by atoms with Gasteiger partial charge in [-0.05, 0) is 24.8 Å². The van der Waals surface area contributed by atoms with Crippen molar-refractivity contribution in [3.63, 3.8) is 0 Å². The van der Waals surface area contributed by atoms with E-state index in [9.17, 15) is 4.39 Å². The van der Waals surface area contributed by atoms with Crippen molar-refractivity contribution in [2.75, 3.05) is 7.11 Å². The van der Waals surface area contributed by atoms with Gasteiger partial charge in [0, 0.05) is 23.5 Å². The molecule has 0 N–H and O–H groups in total. The van der Waals surface area contributed by atoms with Crippen molar-refractivity contribution in [1.82, 2.24) is 9.97 Å². The molecule has 0 atom stereocenters. The molecule has 0 bridgehead atoms. The van der Waals surface area contributed by atoms with E-state index in [1.165, 1.54) is 25.9 Å². The topological polar surface area (TPSA) is 58.8 Å². The minimum atomic E-state index is -0.473. The molecule has 2 aromatic rings. The van der Waals surface area contributed by atoms with Crippen LogP contribution in [0.5, 0.6) is 5.75 Å². The fourth-order valence-electron chi connectivity index (χ4n) is 2.62. The third-order valence-corrected chi connectivity index (χ3v) is 3.94. The van der Waals surface area contributed by atoms with E-state index in [-0.39, 0.29) is 22.7 Å². The van der Waals surface area contributed by atoms with Gasteiger partial charge in [0.2, 0.25) is 0 Å². The van der Waals surface area contributed by atoms with E-state index >= 15 is 0 Å². The van der Waals surface area contributed by atoms with Crippen LogP contribution < -0.4 is 4.74 Å². The number of aromatic nitrogens is 2. The third kappa shape index (κ3) is 2.23. The first kappa shape index (κ1) is 13.5. The molecule has 5 heteroatoms. The number of halogens is 1. The number of hydrogen-bond acceptors (Lipinski definition) is 4. The normalized spacial score (nSPS) is 14.3. The fourth-order valence-corrected chi connectivity index (χ4v) is 2.62. The predicted molar refractivity (Wildman–Crippen MR) is 75.3 cm³/mol. The van der Waals surface area contributed by atoms with E-state index < -0.39 is 5.82 Å². The zero-order valence-corrected chi connectivity index (χ0v) is 11.6. The smallest absolute Gasteiger partial charge is 0.174 e. The molecule has 0 radical (unpaired) electrons. The molecule has 1 aromatic heterocycles. The maximum Gasteiger partial charge on any atom is 0.174 e. The Bertz CT molecular complexity index is 720. The van der Waals surface area contributed by atoms with Gasteiger partial charge in [0.1, 0.15) is 11.8 Å². The van der Waals surface area contributed by atoms with Gasteiger partial charge in [0.05, 0.1) is 7.11 Å². The van der Waals surface area contributed by atoms with E-state index in [2.05, 4.69) is 9.97 Å². The van der Waals surface area contributed by atoms with Gasteiger partial charge in [-0.2, -0.15) is 5.26 Å². The van der Waals surface area contributed by atoms with Gasteiger partial charge < -0.3 is 4.74 Å². The Morgan fingerprint density at radius 1 is 1.29 bits per heavy atom. The molecular weight excluding hydrogens is 269 g/mol. The summed E-state index contributed by atoms with van der Waals surface area (Å²) in [4.78, 5) is 8.01. The monoisotopic (exact) mass is 283 g/mol. The largest absolute Gasteiger partial charge is 0.493 e. The van der Waals surface area contributed by atoms with Crippen molar-refractivity contribution in [3.8, 4) is 23.1 Å². The van der Waals surface area contributed by atoms with Crippen molar-refractivity contribution in [1.29, 1.82) is 5.26 Å². The lowest BCUT2D eigenvalue weighted by Crippen LogP contribution is -2.11. The average Bonchev–Trinajstić information content (AvgIpc) is 2.46. The van der Waals surface area contributed by atoms with Crippen molar-refractivity contribution >= 4 is 0 Å². The number of rotatable bonds is 3. The van der Waals surface area contributed by atoms with Crippen LogP contribution in [0.1, 0.15) is 36.4 Å². The fraction of sp³-hybridized carbons (Fsp3) is 0.312. The number of nitriles is 1. The molecule has 1 aliphatic rings. The van der Waals surface area contributed by atoms with Crippen LogP contribution in [-0.4, -0.2) is 17.1 Å². The van der Waals surface area contributed by atoms with Crippen LogP contribution in [0.15, 0.2) is 24.5 Å². The van der Waals surface area contributed by atoms with Crippen molar-refractivity contribution in [3.05, 3.63) is 41.6 Å². The highest BCUT2D eigenvalue weighted by Gasteiger charge is 2.26. The molecule has 3 rings (SSSR count). The Labute approximate surface area is 122 Å². The second-order valence-corrected chi connectivity index (χ2v) is 5.04. The molecule has 0 amide bonds. The number of ether oxygens (including phenoxy) is 1. The zero-order valence-electron chi connectivity index (χ0n) is 11.6. The molecule has 106 valence electrons. The summed E-state index contributed by atoms with van der Waals surface area (Å²) in [5.41, 5.74) is 1.50. The number of nitrogens with zero attached hydrogens (tertiary/aromatic N) is 3. The zero-order chi connectivity index (χ0) is 14.8. The van der Waals surface area contributed by atoms with Crippen molar-refractivity contribution in [2.45, 2.75) is 25.2 Å². The molecule has 21 heavy (non-hydrogen) atoms. The van der Waals surface area contributed by atoms with Crippen LogP contribution in [-0.2, 0) is 0 Å². The Morgan fingerprint density at radius 3 is 2.67 bits per heavy atom. The molecular formula is C16H14FN3O. The predicted octanol–water partition coefficient (Wildman–Crippen LogP) is 3.43. The Hall–Kier alpha value is -2.48. The van der Waals surface area contributed by atoms with Crippen LogP contribution in [0.25, 0.3) is 11.3 Å². The molecule has 0 saturated heterocycles. The second-order valence-electron chi connectivity index (χ2n) is 5.04. The van der Waals surface area contributed by atoms with Gasteiger partial charge in [-0.15, -0.1) is 0 Å². The van der Waals surface area contributed by atoms with E-state index in [0.717, 1.165) is 18.4 Å². The lowest BCUT2D eigenvalue weighted by Gasteiger charge is -2.27. The van der Waals surface area contributed by atoms with Gasteiger partial charge in [-0.25, -0.2) is 9.37 Å². The second kappa shape index (κ2) is 5.49. The molecule has 1 fully saturated rings.